The highest BCUT2D eigenvalue weighted by molar-refractivity contribution is 5.33. The predicted octanol–water partition coefficient (Wildman–Crippen LogP) is 2.85. The molecule has 1 aliphatic rings. The lowest BCUT2D eigenvalue weighted by atomic mass is 10.1. The molecule has 2 N–H and O–H groups in total. The van der Waals surface area contributed by atoms with Crippen molar-refractivity contribution in [3.63, 3.8) is 0 Å². The number of ether oxygens (including phenoxy) is 1. The van der Waals surface area contributed by atoms with E-state index in [1.165, 1.54) is 37.8 Å². The summed E-state index contributed by atoms with van der Waals surface area (Å²) in [4.78, 5) is 0. The van der Waals surface area contributed by atoms with Crippen LogP contribution in [0.4, 0.5) is 4.39 Å². The maximum absolute atomic E-state index is 13.0. The predicted molar refractivity (Wildman–Crippen MR) is 61.7 cm³/mol. The number of rotatable bonds is 4. The summed E-state index contributed by atoms with van der Waals surface area (Å²) in [7, 11) is 0. The molecule has 0 aliphatic heterocycles. The van der Waals surface area contributed by atoms with E-state index in [2.05, 4.69) is 0 Å². The fourth-order valence-corrected chi connectivity index (χ4v) is 2.23. The Balaban J connectivity index is 1.97. The second-order valence-electron chi connectivity index (χ2n) is 4.42. The lowest BCUT2D eigenvalue weighted by Crippen LogP contribution is -2.10. The quantitative estimate of drug-likeness (QED) is 0.851. The molecule has 88 valence electrons. The molecule has 0 amide bonds. The van der Waals surface area contributed by atoms with Gasteiger partial charge in [0.1, 0.15) is 11.6 Å². The Morgan fingerprint density at radius 1 is 1.31 bits per heavy atom. The van der Waals surface area contributed by atoms with Crippen molar-refractivity contribution < 1.29 is 9.13 Å². The normalized spacial score (nSPS) is 16.6. The Morgan fingerprint density at radius 3 is 2.75 bits per heavy atom. The zero-order chi connectivity index (χ0) is 11.4. The fourth-order valence-electron chi connectivity index (χ4n) is 2.23. The molecule has 0 aromatic heterocycles. The Kier molecular flexibility index (Phi) is 3.78. The molecule has 1 fully saturated rings. The average molecular weight is 223 g/mol. The molecule has 1 aliphatic carbocycles. The zero-order valence-electron chi connectivity index (χ0n) is 9.42. The van der Waals surface area contributed by atoms with Gasteiger partial charge in [-0.3, -0.25) is 0 Å². The second-order valence-corrected chi connectivity index (χ2v) is 4.42. The number of benzene rings is 1. The van der Waals surface area contributed by atoms with E-state index in [9.17, 15) is 4.39 Å². The van der Waals surface area contributed by atoms with Crippen molar-refractivity contribution in [1.82, 2.24) is 0 Å². The number of nitrogens with two attached hydrogens (primary N) is 1. The maximum Gasteiger partial charge on any atom is 0.123 e. The van der Waals surface area contributed by atoms with Gasteiger partial charge in [-0.15, -0.1) is 0 Å². The molecule has 1 aromatic carbocycles. The third kappa shape index (κ3) is 2.73. The Bertz CT molecular complexity index is 348. The Labute approximate surface area is 95.6 Å². The smallest absolute Gasteiger partial charge is 0.123 e. The van der Waals surface area contributed by atoms with E-state index in [4.69, 9.17) is 10.5 Å². The highest BCUT2D eigenvalue weighted by atomic mass is 19.1. The highest BCUT2D eigenvalue weighted by Gasteiger charge is 2.16. The van der Waals surface area contributed by atoms with Crippen LogP contribution < -0.4 is 10.5 Å². The minimum absolute atomic E-state index is 0.256. The molecule has 1 aromatic rings. The maximum atomic E-state index is 13.0. The van der Waals surface area contributed by atoms with Crippen molar-refractivity contribution in [2.45, 2.75) is 32.2 Å². The van der Waals surface area contributed by atoms with Gasteiger partial charge in [0.2, 0.25) is 0 Å². The van der Waals surface area contributed by atoms with Gasteiger partial charge in [-0.05, 0) is 37.0 Å². The Hall–Kier alpha value is -1.09. The summed E-state index contributed by atoms with van der Waals surface area (Å²) in [6.07, 6.45) is 5.11. The molecule has 0 spiro atoms. The second kappa shape index (κ2) is 5.30. The van der Waals surface area contributed by atoms with Crippen LogP contribution in [-0.4, -0.2) is 6.61 Å². The van der Waals surface area contributed by atoms with Crippen LogP contribution >= 0.6 is 0 Å². The van der Waals surface area contributed by atoms with Crippen LogP contribution in [0.2, 0.25) is 0 Å². The van der Waals surface area contributed by atoms with E-state index in [0.717, 1.165) is 17.9 Å². The van der Waals surface area contributed by atoms with Gasteiger partial charge in [0.15, 0.2) is 0 Å². The average Bonchev–Trinajstić information content (AvgIpc) is 2.80. The molecular weight excluding hydrogens is 205 g/mol. The van der Waals surface area contributed by atoms with Crippen molar-refractivity contribution >= 4 is 0 Å². The van der Waals surface area contributed by atoms with Gasteiger partial charge in [-0.1, -0.05) is 12.8 Å². The van der Waals surface area contributed by atoms with Gasteiger partial charge >= 0.3 is 0 Å². The minimum atomic E-state index is -0.256. The molecule has 3 heteroatoms. The summed E-state index contributed by atoms with van der Waals surface area (Å²) in [6, 6.07) is 4.54. The van der Waals surface area contributed by atoms with Crippen LogP contribution in [0.5, 0.6) is 5.75 Å². The van der Waals surface area contributed by atoms with Crippen LogP contribution in [0.15, 0.2) is 18.2 Å². The summed E-state index contributed by atoms with van der Waals surface area (Å²) >= 11 is 0. The first-order valence-electron chi connectivity index (χ1n) is 5.91. The van der Waals surface area contributed by atoms with E-state index < -0.39 is 0 Å². The van der Waals surface area contributed by atoms with Gasteiger partial charge in [0.05, 0.1) is 6.61 Å². The summed E-state index contributed by atoms with van der Waals surface area (Å²) in [6.45, 7) is 1.05. The van der Waals surface area contributed by atoms with E-state index >= 15 is 0 Å². The molecule has 0 bridgehead atoms. The number of hydrogen-bond acceptors (Lipinski definition) is 2. The van der Waals surface area contributed by atoms with Gasteiger partial charge < -0.3 is 10.5 Å². The number of hydrogen-bond donors (Lipinski definition) is 1. The van der Waals surface area contributed by atoms with Gasteiger partial charge in [-0.2, -0.15) is 0 Å². The summed E-state index contributed by atoms with van der Waals surface area (Å²) < 4.78 is 18.7. The topological polar surface area (TPSA) is 35.2 Å². The molecule has 2 nitrogen and oxygen atoms in total. The largest absolute Gasteiger partial charge is 0.493 e. The van der Waals surface area contributed by atoms with Crippen LogP contribution in [-0.2, 0) is 6.54 Å². The molecule has 16 heavy (non-hydrogen) atoms. The molecule has 1 saturated carbocycles. The fraction of sp³-hybridized carbons (Fsp3) is 0.538. The van der Waals surface area contributed by atoms with E-state index in [0.29, 0.717) is 12.5 Å². The van der Waals surface area contributed by atoms with E-state index in [1.807, 2.05) is 0 Å². The molecular formula is C13H18FNO. The first-order chi connectivity index (χ1) is 7.79. The van der Waals surface area contributed by atoms with E-state index in [-0.39, 0.29) is 5.82 Å². The van der Waals surface area contributed by atoms with Gasteiger partial charge in [-0.25, -0.2) is 4.39 Å². The van der Waals surface area contributed by atoms with Crippen molar-refractivity contribution in [3.8, 4) is 5.75 Å². The number of halogens is 1. The zero-order valence-corrected chi connectivity index (χ0v) is 9.42. The lowest BCUT2D eigenvalue weighted by Gasteiger charge is -2.14. The van der Waals surface area contributed by atoms with Gasteiger partial charge in [0.25, 0.3) is 0 Å². The standard InChI is InChI=1S/C13H18FNO/c14-12-5-6-13(11(7-12)8-15)16-9-10-3-1-2-4-10/h5-7,10H,1-4,8-9,15H2. The van der Waals surface area contributed by atoms with Crippen molar-refractivity contribution in [2.75, 3.05) is 6.61 Å². The Morgan fingerprint density at radius 2 is 2.06 bits per heavy atom. The van der Waals surface area contributed by atoms with Crippen LogP contribution in [0.1, 0.15) is 31.2 Å². The highest BCUT2D eigenvalue weighted by Crippen LogP contribution is 2.26. The monoisotopic (exact) mass is 223 g/mol. The summed E-state index contributed by atoms with van der Waals surface area (Å²) in [5, 5.41) is 0. The third-order valence-corrected chi connectivity index (χ3v) is 3.19. The van der Waals surface area contributed by atoms with Crippen molar-refractivity contribution in [2.24, 2.45) is 11.7 Å². The molecule has 0 heterocycles. The molecule has 2 rings (SSSR count). The van der Waals surface area contributed by atoms with Crippen LogP contribution in [0.3, 0.4) is 0 Å². The minimum Gasteiger partial charge on any atom is -0.493 e. The van der Waals surface area contributed by atoms with Crippen molar-refractivity contribution in [1.29, 1.82) is 0 Å². The van der Waals surface area contributed by atoms with Crippen LogP contribution in [0.25, 0.3) is 0 Å². The first kappa shape index (κ1) is 11.4. The molecule has 0 radical (unpaired) electrons. The lowest BCUT2D eigenvalue weighted by molar-refractivity contribution is 0.249. The van der Waals surface area contributed by atoms with Crippen molar-refractivity contribution in [3.05, 3.63) is 29.6 Å². The SMILES string of the molecule is NCc1cc(F)ccc1OCC1CCCC1. The van der Waals surface area contributed by atoms with Gasteiger partial charge in [0, 0.05) is 12.1 Å². The third-order valence-electron chi connectivity index (χ3n) is 3.19. The molecule has 0 atom stereocenters. The molecule has 0 saturated heterocycles. The first-order valence-corrected chi connectivity index (χ1v) is 5.91. The van der Waals surface area contributed by atoms with Crippen LogP contribution in [0, 0.1) is 11.7 Å². The molecule has 0 unspecified atom stereocenters. The van der Waals surface area contributed by atoms with E-state index in [1.54, 1.807) is 6.07 Å². The summed E-state index contributed by atoms with van der Waals surface area (Å²) in [5.41, 5.74) is 6.30. The summed E-state index contributed by atoms with van der Waals surface area (Å²) in [5.74, 6) is 1.14.